The number of ether oxygens (including phenoxy) is 1. The predicted molar refractivity (Wildman–Crippen MR) is 148 cm³/mol. The Hall–Kier alpha value is -2.60. The molecule has 1 fully saturated rings. The highest BCUT2D eigenvalue weighted by atomic mass is 19.4. The van der Waals surface area contributed by atoms with E-state index >= 15 is 0 Å². The number of nitrogens with zero attached hydrogens (tertiary/aromatic N) is 1. The normalized spacial score (nSPS) is 16.5. The van der Waals surface area contributed by atoms with Gasteiger partial charge in [-0.1, -0.05) is 76.2 Å². The van der Waals surface area contributed by atoms with Crippen molar-refractivity contribution in [3.8, 4) is 11.1 Å². The summed E-state index contributed by atoms with van der Waals surface area (Å²) in [6.45, 7) is 12.2. The Morgan fingerprint density at radius 2 is 1.71 bits per heavy atom. The lowest BCUT2D eigenvalue weighted by Gasteiger charge is -2.34. The second-order valence-electron chi connectivity index (χ2n) is 11.1. The summed E-state index contributed by atoms with van der Waals surface area (Å²) in [5, 5.41) is 0. The highest BCUT2D eigenvalue weighted by Gasteiger charge is 2.42. The summed E-state index contributed by atoms with van der Waals surface area (Å²) >= 11 is 0. The van der Waals surface area contributed by atoms with E-state index < -0.39 is 23.6 Å². The summed E-state index contributed by atoms with van der Waals surface area (Å²) in [5.41, 5.74) is 1.26. The summed E-state index contributed by atoms with van der Waals surface area (Å²) in [6, 6.07) is 12.8. The minimum Gasteiger partial charge on any atom is -0.466 e. The molecule has 3 rings (SSSR count). The number of likely N-dealkylation sites (tertiary alicyclic amines) is 1. The van der Waals surface area contributed by atoms with Crippen LogP contribution in [0.25, 0.3) is 11.1 Å². The SMILES string of the molecule is CCOC(=O)C(CC(C)C)c1cc(-c2ccccc2)cc(C2CCN(C/C=C/C(C)C)CC2)c1C(F)(F)F. The number of alkyl halides is 3. The van der Waals surface area contributed by atoms with Crippen molar-refractivity contribution in [2.45, 2.75) is 71.9 Å². The zero-order valence-electron chi connectivity index (χ0n) is 23.4. The van der Waals surface area contributed by atoms with Gasteiger partial charge < -0.3 is 4.74 Å². The maximum absolute atomic E-state index is 14.9. The largest absolute Gasteiger partial charge is 0.466 e. The summed E-state index contributed by atoms with van der Waals surface area (Å²) in [6.07, 6.45) is 1.30. The van der Waals surface area contributed by atoms with Crippen molar-refractivity contribution in [1.29, 1.82) is 0 Å². The van der Waals surface area contributed by atoms with Crippen LogP contribution in [0.2, 0.25) is 0 Å². The summed E-state index contributed by atoms with van der Waals surface area (Å²) < 4.78 is 50.0. The fourth-order valence-electron chi connectivity index (χ4n) is 5.38. The first-order valence-electron chi connectivity index (χ1n) is 13.9. The molecular weight excluding hydrogens is 487 g/mol. The monoisotopic (exact) mass is 529 g/mol. The third-order valence-electron chi connectivity index (χ3n) is 7.16. The number of hydrogen-bond donors (Lipinski definition) is 0. The molecular formula is C32H42F3NO2. The van der Waals surface area contributed by atoms with E-state index in [1.807, 2.05) is 44.2 Å². The molecule has 0 aromatic heterocycles. The van der Waals surface area contributed by atoms with Gasteiger partial charge in [0, 0.05) is 6.54 Å². The van der Waals surface area contributed by atoms with Crippen LogP contribution in [-0.4, -0.2) is 37.1 Å². The molecule has 0 amide bonds. The van der Waals surface area contributed by atoms with Crippen LogP contribution in [0.5, 0.6) is 0 Å². The van der Waals surface area contributed by atoms with Gasteiger partial charge in [-0.2, -0.15) is 13.2 Å². The molecule has 1 unspecified atom stereocenters. The number of piperidine rings is 1. The Kier molecular flexibility index (Phi) is 10.6. The Bertz CT molecular complexity index is 1070. The van der Waals surface area contributed by atoms with Crippen molar-refractivity contribution in [3.05, 3.63) is 71.3 Å². The van der Waals surface area contributed by atoms with E-state index in [0.717, 1.165) is 25.2 Å². The first-order valence-corrected chi connectivity index (χ1v) is 13.9. The van der Waals surface area contributed by atoms with Crippen molar-refractivity contribution in [2.24, 2.45) is 11.8 Å². The van der Waals surface area contributed by atoms with Gasteiger partial charge >= 0.3 is 12.1 Å². The summed E-state index contributed by atoms with van der Waals surface area (Å²) in [4.78, 5) is 15.4. The van der Waals surface area contributed by atoms with Gasteiger partial charge in [-0.25, -0.2) is 0 Å². The van der Waals surface area contributed by atoms with Crippen LogP contribution in [0.4, 0.5) is 13.2 Å². The molecule has 2 aromatic carbocycles. The second-order valence-corrected chi connectivity index (χ2v) is 11.1. The van der Waals surface area contributed by atoms with E-state index in [1.54, 1.807) is 19.1 Å². The molecule has 2 aromatic rings. The molecule has 6 heteroatoms. The zero-order chi connectivity index (χ0) is 27.9. The smallest absolute Gasteiger partial charge is 0.416 e. The minimum atomic E-state index is -4.58. The number of carbonyl (C=O) groups is 1. The fourth-order valence-corrected chi connectivity index (χ4v) is 5.38. The van der Waals surface area contributed by atoms with E-state index in [4.69, 9.17) is 4.74 Å². The summed E-state index contributed by atoms with van der Waals surface area (Å²) in [7, 11) is 0. The first kappa shape index (κ1) is 29.9. The maximum Gasteiger partial charge on any atom is 0.416 e. The molecule has 38 heavy (non-hydrogen) atoms. The molecule has 0 N–H and O–H groups in total. The first-order chi connectivity index (χ1) is 18.0. The highest BCUT2D eigenvalue weighted by molar-refractivity contribution is 5.80. The lowest BCUT2D eigenvalue weighted by Crippen LogP contribution is -2.34. The van der Waals surface area contributed by atoms with Gasteiger partial charge in [0.2, 0.25) is 0 Å². The zero-order valence-corrected chi connectivity index (χ0v) is 23.4. The molecule has 208 valence electrons. The number of benzene rings is 2. The van der Waals surface area contributed by atoms with E-state index in [9.17, 15) is 18.0 Å². The average Bonchev–Trinajstić information content (AvgIpc) is 2.86. The van der Waals surface area contributed by atoms with Gasteiger partial charge in [-0.3, -0.25) is 9.69 Å². The van der Waals surface area contributed by atoms with Crippen molar-refractivity contribution < 1.29 is 22.7 Å². The standard InChI is InChI=1S/C32H42F3NO2/c1-6-38-31(37)29(19-23(4)5)28-21-26(24-12-8-7-9-13-24)20-27(30(28)32(33,34)35)25-14-17-36(18-15-25)16-10-11-22(2)3/h7-13,20-23,25,29H,6,14-19H2,1-5H3/b11-10+. The molecule has 1 atom stereocenters. The summed E-state index contributed by atoms with van der Waals surface area (Å²) in [5.74, 6) is -1.30. The van der Waals surface area contributed by atoms with Gasteiger partial charge in [0.1, 0.15) is 0 Å². The van der Waals surface area contributed by atoms with Crippen LogP contribution >= 0.6 is 0 Å². The van der Waals surface area contributed by atoms with Crippen LogP contribution in [0.15, 0.2) is 54.6 Å². The van der Waals surface area contributed by atoms with Crippen LogP contribution < -0.4 is 0 Å². The van der Waals surface area contributed by atoms with E-state index in [-0.39, 0.29) is 24.0 Å². The molecule has 3 nitrogen and oxygen atoms in total. The van der Waals surface area contributed by atoms with Crippen molar-refractivity contribution in [3.63, 3.8) is 0 Å². The third-order valence-corrected chi connectivity index (χ3v) is 7.16. The van der Waals surface area contributed by atoms with E-state index in [2.05, 4.69) is 30.9 Å². The number of carbonyl (C=O) groups excluding carboxylic acids is 1. The average molecular weight is 530 g/mol. The van der Waals surface area contributed by atoms with Gasteiger partial charge in [-0.15, -0.1) is 0 Å². The van der Waals surface area contributed by atoms with Crippen LogP contribution in [-0.2, 0) is 15.7 Å². The fraction of sp³-hybridized carbons (Fsp3) is 0.531. The molecule has 0 saturated carbocycles. The lowest BCUT2D eigenvalue weighted by atomic mass is 9.78. The third kappa shape index (κ3) is 7.95. The number of halogens is 3. The minimum absolute atomic E-state index is 0.0245. The number of hydrogen-bond acceptors (Lipinski definition) is 3. The van der Waals surface area contributed by atoms with Gasteiger partial charge in [0.05, 0.1) is 18.1 Å². The second kappa shape index (κ2) is 13.5. The molecule has 0 spiro atoms. The maximum atomic E-state index is 14.9. The molecule has 0 aliphatic carbocycles. The van der Waals surface area contributed by atoms with Gasteiger partial charge in [-0.05, 0) is 85.3 Å². The van der Waals surface area contributed by atoms with E-state index in [1.165, 1.54) is 0 Å². The Balaban J connectivity index is 2.12. The molecule has 1 saturated heterocycles. The Morgan fingerprint density at radius 3 is 2.26 bits per heavy atom. The van der Waals surface area contributed by atoms with Gasteiger partial charge in [0.15, 0.2) is 0 Å². The highest BCUT2D eigenvalue weighted by Crippen LogP contribution is 2.46. The number of rotatable bonds is 10. The molecule has 0 bridgehead atoms. The van der Waals surface area contributed by atoms with E-state index in [0.29, 0.717) is 36.3 Å². The van der Waals surface area contributed by atoms with Crippen LogP contribution in [0, 0.1) is 11.8 Å². The molecule has 1 aliphatic heterocycles. The number of allylic oxidation sites excluding steroid dienone is 1. The van der Waals surface area contributed by atoms with Crippen molar-refractivity contribution >= 4 is 5.97 Å². The number of esters is 1. The molecule has 0 radical (unpaired) electrons. The van der Waals surface area contributed by atoms with Crippen molar-refractivity contribution in [1.82, 2.24) is 4.90 Å². The Labute approximate surface area is 226 Å². The van der Waals surface area contributed by atoms with Gasteiger partial charge in [0.25, 0.3) is 0 Å². The Morgan fingerprint density at radius 1 is 1.05 bits per heavy atom. The molecule has 1 aliphatic rings. The van der Waals surface area contributed by atoms with Crippen molar-refractivity contribution in [2.75, 3.05) is 26.2 Å². The van der Waals surface area contributed by atoms with Crippen LogP contribution in [0.1, 0.15) is 82.4 Å². The van der Waals surface area contributed by atoms with Crippen LogP contribution in [0.3, 0.4) is 0 Å². The quantitative estimate of drug-likeness (QED) is 0.228. The predicted octanol–water partition coefficient (Wildman–Crippen LogP) is 8.46. The lowest BCUT2D eigenvalue weighted by molar-refractivity contribution is -0.146. The molecule has 1 heterocycles. The topological polar surface area (TPSA) is 29.5 Å².